The normalized spacial score (nSPS) is 34.7. The molecule has 5 rings (SSSR count). The maximum atomic E-state index is 12.0. The first-order chi connectivity index (χ1) is 12.5. The molecular weight excluding hydrogens is 326 g/mol. The van der Waals surface area contributed by atoms with Crippen molar-refractivity contribution in [2.45, 2.75) is 69.1 Å². The predicted octanol–water partition coefficient (Wildman–Crippen LogP) is 3.36. The summed E-state index contributed by atoms with van der Waals surface area (Å²) < 4.78 is 6.16. The fraction of sp³-hybridized carbons (Fsp3) is 0.636. The Morgan fingerprint density at radius 1 is 1.35 bits per heavy atom. The van der Waals surface area contributed by atoms with Gasteiger partial charge in [-0.05, 0) is 68.2 Å². The van der Waals surface area contributed by atoms with E-state index in [2.05, 4.69) is 18.4 Å². The molecular formula is C22H29NO3. The van der Waals surface area contributed by atoms with Gasteiger partial charge in [0.05, 0.1) is 11.5 Å². The van der Waals surface area contributed by atoms with Crippen LogP contribution < -0.4 is 4.74 Å². The van der Waals surface area contributed by atoms with Gasteiger partial charge in [0, 0.05) is 18.2 Å². The fourth-order valence-corrected chi connectivity index (χ4v) is 5.61. The standard InChI is InChI=1S/C22H29NO3/c1-3-10-23(12-14-4-5-14)17-11-15-6-7-16(24)21-18(15)19-20(26-21)13(2)8-9-22(17,19)25/h6-7,14,17,19-20,24-25H,2-5,8-12H2,1H3/t17-,19?,20+,22-/m1/s1. The number of ether oxygens (including phenoxy) is 1. The van der Waals surface area contributed by atoms with Crippen LogP contribution in [0.1, 0.15) is 56.1 Å². The number of phenolic OH excluding ortho intramolecular Hbond substituents is 1. The lowest BCUT2D eigenvalue weighted by Gasteiger charge is -2.53. The third-order valence-electron chi connectivity index (χ3n) is 7.04. The quantitative estimate of drug-likeness (QED) is 0.795. The Balaban J connectivity index is 1.61. The molecule has 0 bridgehead atoms. The molecule has 2 saturated carbocycles. The maximum absolute atomic E-state index is 12.0. The summed E-state index contributed by atoms with van der Waals surface area (Å²) in [5.74, 6) is 1.48. The SMILES string of the molecule is C=C1CC[C@]2(O)C3c4c(ccc(O)c4O[C@@H]13)C[C@H]2N(CCC)CC1CC1. The van der Waals surface area contributed by atoms with E-state index in [1.165, 1.54) is 18.4 Å². The van der Waals surface area contributed by atoms with Crippen molar-refractivity contribution in [3.8, 4) is 11.5 Å². The molecule has 0 spiro atoms. The molecule has 1 aliphatic heterocycles. The highest BCUT2D eigenvalue weighted by molar-refractivity contribution is 5.59. The third-order valence-corrected chi connectivity index (χ3v) is 7.04. The lowest BCUT2D eigenvalue weighted by atomic mass is 9.61. The molecule has 0 saturated heterocycles. The second-order valence-electron chi connectivity index (χ2n) is 8.81. The van der Waals surface area contributed by atoms with Crippen molar-refractivity contribution in [2.75, 3.05) is 13.1 Å². The second-order valence-corrected chi connectivity index (χ2v) is 8.81. The van der Waals surface area contributed by atoms with Gasteiger partial charge in [0.25, 0.3) is 0 Å². The first-order valence-corrected chi connectivity index (χ1v) is 10.2. The zero-order valence-electron chi connectivity index (χ0n) is 15.6. The van der Waals surface area contributed by atoms with Gasteiger partial charge >= 0.3 is 0 Å². The molecule has 26 heavy (non-hydrogen) atoms. The van der Waals surface area contributed by atoms with E-state index < -0.39 is 5.60 Å². The van der Waals surface area contributed by atoms with Crippen molar-refractivity contribution < 1.29 is 14.9 Å². The Morgan fingerprint density at radius 3 is 2.88 bits per heavy atom. The number of aromatic hydroxyl groups is 1. The van der Waals surface area contributed by atoms with Gasteiger partial charge in [0.2, 0.25) is 0 Å². The smallest absolute Gasteiger partial charge is 0.165 e. The molecule has 140 valence electrons. The first kappa shape index (κ1) is 16.6. The van der Waals surface area contributed by atoms with Gasteiger partial charge in [0.15, 0.2) is 11.5 Å². The van der Waals surface area contributed by atoms with Crippen LogP contribution in [0.2, 0.25) is 0 Å². The number of nitrogens with zero attached hydrogens (tertiary/aromatic N) is 1. The Morgan fingerprint density at radius 2 is 2.15 bits per heavy atom. The molecule has 1 heterocycles. The van der Waals surface area contributed by atoms with Crippen molar-refractivity contribution in [2.24, 2.45) is 5.92 Å². The van der Waals surface area contributed by atoms with Crippen LogP contribution in [-0.2, 0) is 6.42 Å². The molecule has 4 aliphatic rings. The van der Waals surface area contributed by atoms with E-state index >= 15 is 0 Å². The molecule has 1 aromatic rings. The van der Waals surface area contributed by atoms with Crippen LogP contribution in [-0.4, -0.2) is 45.9 Å². The lowest BCUT2D eigenvalue weighted by Crippen LogP contribution is -2.63. The predicted molar refractivity (Wildman–Crippen MR) is 101 cm³/mol. The molecule has 4 nitrogen and oxygen atoms in total. The van der Waals surface area contributed by atoms with E-state index in [1.54, 1.807) is 6.07 Å². The van der Waals surface area contributed by atoms with E-state index in [1.807, 2.05) is 6.07 Å². The number of hydrogen-bond donors (Lipinski definition) is 2. The van der Waals surface area contributed by atoms with Crippen molar-refractivity contribution >= 4 is 0 Å². The van der Waals surface area contributed by atoms with E-state index in [-0.39, 0.29) is 23.8 Å². The number of aliphatic hydroxyl groups is 1. The number of hydrogen-bond acceptors (Lipinski definition) is 4. The van der Waals surface area contributed by atoms with Crippen LogP contribution in [0.15, 0.2) is 24.3 Å². The lowest BCUT2D eigenvalue weighted by molar-refractivity contribution is -0.101. The van der Waals surface area contributed by atoms with Crippen LogP contribution >= 0.6 is 0 Å². The second kappa shape index (κ2) is 5.74. The molecule has 0 amide bonds. The molecule has 0 radical (unpaired) electrons. The van der Waals surface area contributed by atoms with Gasteiger partial charge in [-0.25, -0.2) is 0 Å². The summed E-state index contributed by atoms with van der Waals surface area (Å²) in [4.78, 5) is 2.55. The minimum absolute atomic E-state index is 0.0989. The minimum Gasteiger partial charge on any atom is -0.504 e. The molecule has 2 N–H and O–H groups in total. The third kappa shape index (κ3) is 2.28. The Bertz CT molecular complexity index is 756. The highest BCUT2D eigenvalue weighted by atomic mass is 16.5. The molecule has 1 unspecified atom stereocenters. The summed E-state index contributed by atoms with van der Waals surface area (Å²) in [5, 5.41) is 22.3. The van der Waals surface area contributed by atoms with Crippen molar-refractivity contribution in [3.63, 3.8) is 0 Å². The summed E-state index contributed by atoms with van der Waals surface area (Å²) in [6, 6.07) is 3.90. The number of rotatable bonds is 5. The van der Waals surface area contributed by atoms with Crippen molar-refractivity contribution in [1.29, 1.82) is 0 Å². The molecule has 2 fully saturated rings. The van der Waals surface area contributed by atoms with Crippen molar-refractivity contribution in [3.05, 3.63) is 35.4 Å². The molecule has 1 aromatic carbocycles. The monoisotopic (exact) mass is 355 g/mol. The van der Waals surface area contributed by atoms with Crippen LogP contribution in [0.25, 0.3) is 0 Å². The van der Waals surface area contributed by atoms with Crippen LogP contribution in [0.3, 0.4) is 0 Å². The number of phenols is 1. The van der Waals surface area contributed by atoms with E-state index in [9.17, 15) is 10.2 Å². The van der Waals surface area contributed by atoms with Gasteiger partial charge < -0.3 is 14.9 Å². The van der Waals surface area contributed by atoms with Gasteiger partial charge in [-0.2, -0.15) is 0 Å². The zero-order chi connectivity index (χ0) is 18.1. The molecule has 4 heteroatoms. The minimum atomic E-state index is -0.804. The summed E-state index contributed by atoms with van der Waals surface area (Å²) in [6.07, 6.45) is 5.91. The van der Waals surface area contributed by atoms with Gasteiger partial charge in [-0.15, -0.1) is 0 Å². The van der Waals surface area contributed by atoms with Crippen molar-refractivity contribution in [1.82, 2.24) is 4.90 Å². The maximum Gasteiger partial charge on any atom is 0.165 e. The molecule has 3 aliphatic carbocycles. The highest BCUT2D eigenvalue weighted by Gasteiger charge is 2.60. The summed E-state index contributed by atoms with van der Waals surface area (Å²) in [6.45, 7) is 8.57. The Labute approximate surface area is 155 Å². The zero-order valence-corrected chi connectivity index (χ0v) is 15.6. The topological polar surface area (TPSA) is 52.9 Å². The Hall–Kier alpha value is -1.52. The fourth-order valence-electron chi connectivity index (χ4n) is 5.61. The van der Waals surface area contributed by atoms with Crippen LogP contribution in [0, 0.1) is 5.92 Å². The van der Waals surface area contributed by atoms with E-state index in [4.69, 9.17) is 4.74 Å². The Kier molecular flexibility index (Phi) is 3.67. The molecule has 0 aromatic heterocycles. The average Bonchev–Trinajstić information content (AvgIpc) is 3.33. The summed E-state index contributed by atoms with van der Waals surface area (Å²) in [5.41, 5.74) is 2.51. The van der Waals surface area contributed by atoms with Crippen LogP contribution in [0.4, 0.5) is 0 Å². The number of benzene rings is 1. The largest absolute Gasteiger partial charge is 0.504 e. The van der Waals surface area contributed by atoms with Gasteiger partial charge in [-0.3, -0.25) is 4.90 Å². The summed E-state index contributed by atoms with van der Waals surface area (Å²) >= 11 is 0. The summed E-state index contributed by atoms with van der Waals surface area (Å²) in [7, 11) is 0. The van der Waals surface area contributed by atoms with Gasteiger partial charge in [-0.1, -0.05) is 19.6 Å². The van der Waals surface area contributed by atoms with E-state index in [0.29, 0.717) is 5.75 Å². The molecule has 4 atom stereocenters. The van der Waals surface area contributed by atoms with E-state index in [0.717, 1.165) is 55.8 Å². The van der Waals surface area contributed by atoms with Gasteiger partial charge in [0.1, 0.15) is 6.10 Å². The van der Waals surface area contributed by atoms with Crippen LogP contribution in [0.5, 0.6) is 11.5 Å². The first-order valence-electron chi connectivity index (χ1n) is 10.2. The highest BCUT2D eigenvalue weighted by Crippen LogP contribution is 2.59. The average molecular weight is 355 g/mol.